The van der Waals surface area contributed by atoms with Crippen LogP contribution in [0.4, 0.5) is 16.2 Å². The average molecular weight is 479 g/mol. The van der Waals surface area contributed by atoms with Crippen molar-refractivity contribution in [2.75, 3.05) is 17.2 Å². The van der Waals surface area contributed by atoms with Gasteiger partial charge in [-0.1, -0.05) is 0 Å². The third kappa shape index (κ3) is 5.65. The van der Waals surface area contributed by atoms with Crippen LogP contribution in [0.5, 0.6) is 0 Å². The number of aryl methyl sites for hydroxylation is 1. The van der Waals surface area contributed by atoms with Crippen LogP contribution in [-0.2, 0) is 10.5 Å². The molecule has 0 saturated heterocycles. The maximum atomic E-state index is 12.3. The fourth-order valence-corrected chi connectivity index (χ4v) is 3.93. The highest BCUT2D eigenvalue weighted by Gasteiger charge is 2.09. The number of anilines is 2. The number of amides is 2. The Labute approximate surface area is 199 Å². The zero-order valence-electron chi connectivity index (χ0n) is 18.5. The van der Waals surface area contributed by atoms with Crippen molar-refractivity contribution >= 4 is 40.8 Å². The summed E-state index contributed by atoms with van der Waals surface area (Å²) in [6.45, 7) is 3.81. The lowest BCUT2D eigenvalue weighted by atomic mass is 10.2. The van der Waals surface area contributed by atoms with Crippen molar-refractivity contribution in [1.29, 1.82) is 0 Å². The van der Waals surface area contributed by atoms with E-state index in [1.807, 2.05) is 12.1 Å². The maximum Gasteiger partial charge on any atom is 0.338 e. The van der Waals surface area contributed by atoms with Crippen molar-refractivity contribution in [3.8, 4) is 0 Å². The molecule has 2 aromatic heterocycles. The molecule has 0 aliphatic heterocycles. The van der Waals surface area contributed by atoms with Gasteiger partial charge in [-0.2, -0.15) is 0 Å². The number of aromatic nitrogens is 2. The summed E-state index contributed by atoms with van der Waals surface area (Å²) in [5.41, 5.74) is 2.48. The van der Waals surface area contributed by atoms with Crippen LogP contribution >= 0.6 is 11.8 Å². The van der Waals surface area contributed by atoms with E-state index in [1.165, 1.54) is 22.4 Å². The summed E-state index contributed by atoms with van der Waals surface area (Å²) >= 11 is 1.53. The van der Waals surface area contributed by atoms with Crippen molar-refractivity contribution in [1.82, 2.24) is 9.56 Å². The first-order chi connectivity index (χ1) is 16.4. The lowest BCUT2D eigenvalue weighted by molar-refractivity contribution is 0.0526. The summed E-state index contributed by atoms with van der Waals surface area (Å²) in [4.78, 5) is 41.5. The number of thioether (sulfide) groups is 1. The van der Waals surface area contributed by atoms with Gasteiger partial charge in [0.25, 0.3) is 5.56 Å². The van der Waals surface area contributed by atoms with E-state index in [0.29, 0.717) is 46.4 Å². The largest absolute Gasteiger partial charge is 0.462 e. The molecular formula is C24H22N4O5S. The third-order valence-electron chi connectivity index (χ3n) is 4.68. The molecule has 0 unspecified atom stereocenters. The van der Waals surface area contributed by atoms with E-state index in [-0.39, 0.29) is 5.56 Å². The molecule has 174 valence electrons. The van der Waals surface area contributed by atoms with E-state index >= 15 is 0 Å². The Balaban J connectivity index is 1.31. The lowest BCUT2D eigenvalue weighted by Crippen LogP contribution is -2.19. The van der Waals surface area contributed by atoms with Gasteiger partial charge in [0, 0.05) is 34.2 Å². The maximum absolute atomic E-state index is 12.3. The summed E-state index contributed by atoms with van der Waals surface area (Å²) < 4.78 is 11.4. The molecule has 0 aliphatic carbocycles. The highest BCUT2D eigenvalue weighted by molar-refractivity contribution is 7.98. The summed E-state index contributed by atoms with van der Waals surface area (Å²) in [5, 5.41) is 5.48. The van der Waals surface area contributed by atoms with E-state index in [9.17, 15) is 14.4 Å². The summed E-state index contributed by atoms with van der Waals surface area (Å²) in [5.74, 6) is 0.734. The molecule has 0 bridgehead atoms. The van der Waals surface area contributed by atoms with Crippen LogP contribution in [0.1, 0.15) is 28.7 Å². The fraction of sp³-hybridized carbons (Fsp3) is 0.167. The van der Waals surface area contributed by atoms with E-state index in [1.54, 1.807) is 56.3 Å². The number of carbonyl (C=O) groups excluding carboxylic acids is 2. The van der Waals surface area contributed by atoms with Crippen LogP contribution in [0.15, 0.2) is 74.9 Å². The molecule has 2 aromatic carbocycles. The molecule has 4 rings (SSSR count). The van der Waals surface area contributed by atoms with E-state index in [4.69, 9.17) is 9.26 Å². The molecule has 0 aliphatic rings. The summed E-state index contributed by atoms with van der Waals surface area (Å²) in [6.07, 6.45) is 0. The Hall–Kier alpha value is -4.05. The van der Waals surface area contributed by atoms with Gasteiger partial charge < -0.3 is 19.9 Å². The Morgan fingerprint density at radius 3 is 2.32 bits per heavy atom. The SMILES string of the molecule is CCOC(=O)c1ccc(NC(=O)Nc2ccc(SCc3cc(=O)n4oc(C)cc4n3)cc2)cc1. The van der Waals surface area contributed by atoms with Crippen molar-refractivity contribution in [2.24, 2.45) is 0 Å². The predicted octanol–water partition coefficient (Wildman–Crippen LogP) is 4.71. The molecule has 0 atom stereocenters. The fourth-order valence-electron chi connectivity index (χ4n) is 3.14. The zero-order chi connectivity index (χ0) is 24.1. The molecule has 0 radical (unpaired) electrons. The van der Waals surface area contributed by atoms with Gasteiger partial charge in [-0.3, -0.25) is 4.79 Å². The first-order valence-corrected chi connectivity index (χ1v) is 11.5. The Morgan fingerprint density at radius 1 is 1.03 bits per heavy atom. The number of nitrogens with one attached hydrogen (secondary N) is 2. The number of urea groups is 1. The number of rotatable bonds is 7. The van der Waals surface area contributed by atoms with Gasteiger partial charge in [-0.05, 0) is 62.4 Å². The molecule has 34 heavy (non-hydrogen) atoms. The number of fused-ring (bicyclic) bond motifs is 1. The van der Waals surface area contributed by atoms with Gasteiger partial charge >= 0.3 is 12.0 Å². The monoisotopic (exact) mass is 478 g/mol. The van der Waals surface area contributed by atoms with Crippen LogP contribution in [0.25, 0.3) is 5.65 Å². The number of benzene rings is 2. The second-order valence-corrected chi connectivity index (χ2v) is 8.32. The van der Waals surface area contributed by atoms with Crippen LogP contribution in [0.2, 0.25) is 0 Å². The molecule has 2 heterocycles. The predicted molar refractivity (Wildman–Crippen MR) is 130 cm³/mol. The summed E-state index contributed by atoms with van der Waals surface area (Å²) in [6, 6.07) is 16.6. The van der Waals surface area contributed by atoms with Crippen LogP contribution in [0.3, 0.4) is 0 Å². The zero-order valence-corrected chi connectivity index (χ0v) is 19.3. The van der Waals surface area contributed by atoms with Crippen molar-refractivity contribution in [3.05, 3.63) is 88.0 Å². The van der Waals surface area contributed by atoms with Crippen molar-refractivity contribution in [2.45, 2.75) is 24.5 Å². The second kappa shape index (κ2) is 10.3. The van der Waals surface area contributed by atoms with E-state index in [2.05, 4.69) is 15.6 Å². The van der Waals surface area contributed by atoms with Crippen molar-refractivity contribution in [3.63, 3.8) is 0 Å². The van der Waals surface area contributed by atoms with Gasteiger partial charge in [0.2, 0.25) is 0 Å². The minimum absolute atomic E-state index is 0.255. The second-order valence-electron chi connectivity index (χ2n) is 7.27. The highest BCUT2D eigenvalue weighted by Crippen LogP contribution is 2.24. The van der Waals surface area contributed by atoms with E-state index < -0.39 is 12.0 Å². The van der Waals surface area contributed by atoms with Gasteiger partial charge in [0.15, 0.2) is 5.65 Å². The molecule has 10 heteroatoms. The quantitative estimate of drug-likeness (QED) is 0.292. The average Bonchev–Trinajstić information content (AvgIpc) is 3.20. The molecule has 0 saturated carbocycles. The molecule has 2 amide bonds. The molecule has 2 N–H and O–H groups in total. The number of hydrogen-bond donors (Lipinski definition) is 2. The van der Waals surface area contributed by atoms with Crippen LogP contribution in [-0.4, -0.2) is 28.2 Å². The molecule has 0 spiro atoms. The van der Waals surface area contributed by atoms with Gasteiger partial charge in [-0.25, -0.2) is 14.6 Å². The number of hydrogen-bond acceptors (Lipinski definition) is 7. The molecule has 9 nitrogen and oxygen atoms in total. The Bertz CT molecular complexity index is 1380. The molecule has 0 fully saturated rings. The third-order valence-corrected chi connectivity index (χ3v) is 5.72. The normalized spacial score (nSPS) is 10.8. The Kier molecular flexibility index (Phi) is 6.98. The first kappa shape index (κ1) is 23.1. The molecular weight excluding hydrogens is 456 g/mol. The lowest BCUT2D eigenvalue weighted by Gasteiger charge is -2.09. The van der Waals surface area contributed by atoms with Gasteiger partial charge in [0.05, 0.1) is 17.9 Å². The van der Waals surface area contributed by atoms with Crippen molar-refractivity contribution < 1.29 is 18.8 Å². The smallest absolute Gasteiger partial charge is 0.338 e. The molecule has 4 aromatic rings. The van der Waals surface area contributed by atoms with E-state index in [0.717, 1.165) is 4.90 Å². The summed E-state index contributed by atoms with van der Waals surface area (Å²) in [7, 11) is 0. The number of ether oxygens (including phenoxy) is 1. The standard InChI is InChI=1S/C24H22N4O5S/c1-3-32-23(30)16-4-6-17(7-5-16)26-24(31)27-18-8-10-20(11-9-18)34-14-19-13-22(29)28-21(25-19)12-15(2)33-28/h4-13H,3,14H2,1-2H3,(H2,26,27,31). The minimum atomic E-state index is -0.406. The number of carbonyl (C=O) groups is 2. The number of nitrogens with zero attached hydrogens (tertiary/aromatic N) is 2. The van der Waals surface area contributed by atoms with Crippen LogP contribution < -0.4 is 16.2 Å². The Morgan fingerprint density at radius 2 is 1.68 bits per heavy atom. The first-order valence-electron chi connectivity index (χ1n) is 10.5. The van der Waals surface area contributed by atoms with Crippen LogP contribution in [0, 0.1) is 6.92 Å². The minimum Gasteiger partial charge on any atom is -0.462 e. The highest BCUT2D eigenvalue weighted by atomic mass is 32.2. The van der Waals surface area contributed by atoms with Gasteiger partial charge in [0.1, 0.15) is 5.76 Å². The van der Waals surface area contributed by atoms with Gasteiger partial charge in [-0.15, -0.1) is 16.3 Å². The topological polar surface area (TPSA) is 115 Å². The number of esters is 1.